The van der Waals surface area contributed by atoms with Gasteiger partial charge < -0.3 is 0 Å². The Morgan fingerprint density at radius 1 is 1.64 bits per heavy atom. The molecule has 1 aromatic rings. The molecule has 1 heterocycles. The Kier molecular flexibility index (Phi) is 1.96. The Balaban J connectivity index is 2.95. The SMILES string of the molecule is C=C(c1ccccn1)[N+](=O)[O-]. The lowest BCUT2D eigenvalue weighted by Crippen LogP contribution is -1.97. The molecule has 56 valence electrons. The van der Waals surface area contributed by atoms with E-state index in [1.807, 2.05) is 0 Å². The molecule has 0 aliphatic rings. The van der Waals surface area contributed by atoms with E-state index in [1.165, 1.54) is 6.20 Å². The van der Waals surface area contributed by atoms with Crippen LogP contribution in [-0.4, -0.2) is 9.91 Å². The van der Waals surface area contributed by atoms with Crippen molar-refractivity contribution in [2.75, 3.05) is 0 Å². The molecule has 0 aliphatic carbocycles. The summed E-state index contributed by atoms with van der Waals surface area (Å²) in [6, 6.07) is 4.92. The second-order valence-corrected chi connectivity index (χ2v) is 1.92. The lowest BCUT2D eigenvalue weighted by atomic mass is 10.3. The van der Waals surface area contributed by atoms with E-state index in [-0.39, 0.29) is 5.70 Å². The van der Waals surface area contributed by atoms with Crippen LogP contribution in [0.3, 0.4) is 0 Å². The van der Waals surface area contributed by atoms with Crippen LogP contribution in [0.25, 0.3) is 5.70 Å². The minimum absolute atomic E-state index is 0.175. The number of pyridine rings is 1. The second kappa shape index (κ2) is 2.92. The molecule has 0 saturated carbocycles. The quantitative estimate of drug-likeness (QED) is 0.472. The summed E-state index contributed by atoms with van der Waals surface area (Å²) in [7, 11) is 0. The molecule has 0 unspecified atom stereocenters. The molecule has 1 aromatic heterocycles. The molecule has 4 heteroatoms. The fourth-order valence-electron chi connectivity index (χ4n) is 0.627. The van der Waals surface area contributed by atoms with Gasteiger partial charge in [0, 0.05) is 6.20 Å². The molecule has 0 amide bonds. The van der Waals surface area contributed by atoms with Gasteiger partial charge in [0.25, 0.3) is 5.70 Å². The van der Waals surface area contributed by atoms with Crippen molar-refractivity contribution in [1.29, 1.82) is 0 Å². The molecule has 0 saturated heterocycles. The van der Waals surface area contributed by atoms with Crippen molar-refractivity contribution in [3.05, 3.63) is 46.8 Å². The highest BCUT2D eigenvalue weighted by Gasteiger charge is 2.09. The van der Waals surface area contributed by atoms with E-state index in [9.17, 15) is 10.1 Å². The predicted molar refractivity (Wildman–Crippen MR) is 40.3 cm³/mol. The molecule has 4 nitrogen and oxygen atoms in total. The van der Waals surface area contributed by atoms with Crippen LogP contribution < -0.4 is 0 Å². The van der Waals surface area contributed by atoms with Crippen LogP contribution in [0, 0.1) is 10.1 Å². The monoisotopic (exact) mass is 150 g/mol. The maximum atomic E-state index is 10.2. The number of nitro groups is 1. The summed E-state index contributed by atoms with van der Waals surface area (Å²) in [5.41, 5.74) is 0.128. The number of rotatable bonds is 2. The molecular weight excluding hydrogens is 144 g/mol. The van der Waals surface area contributed by atoms with Crippen LogP contribution in [0.15, 0.2) is 31.0 Å². The van der Waals surface area contributed by atoms with E-state index < -0.39 is 4.92 Å². The zero-order valence-electron chi connectivity index (χ0n) is 5.73. The smallest absolute Gasteiger partial charge is 0.258 e. The lowest BCUT2D eigenvalue weighted by Gasteiger charge is -1.92. The minimum Gasteiger partial charge on any atom is -0.258 e. The largest absolute Gasteiger partial charge is 0.287 e. The first kappa shape index (κ1) is 7.40. The molecule has 0 bridgehead atoms. The van der Waals surface area contributed by atoms with Crippen LogP contribution in [0.4, 0.5) is 0 Å². The van der Waals surface area contributed by atoms with Crippen molar-refractivity contribution in [1.82, 2.24) is 4.98 Å². The van der Waals surface area contributed by atoms with Gasteiger partial charge in [-0.1, -0.05) is 6.07 Å². The highest BCUT2D eigenvalue weighted by molar-refractivity contribution is 5.51. The van der Waals surface area contributed by atoms with Gasteiger partial charge in [-0.3, -0.25) is 10.1 Å². The van der Waals surface area contributed by atoms with Crippen molar-refractivity contribution in [3.8, 4) is 0 Å². The summed E-state index contributed by atoms with van der Waals surface area (Å²) >= 11 is 0. The van der Waals surface area contributed by atoms with Gasteiger partial charge in [-0.15, -0.1) is 0 Å². The normalized spacial score (nSPS) is 9.09. The first-order valence-electron chi connectivity index (χ1n) is 2.96. The fraction of sp³-hybridized carbons (Fsp3) is 0. The zero-order valence-corrected chi connectivity index (χ0v) is 5.73. The summed E-state index contributed by atoms with van der Waals surface area (Å²) in [4.78, 5) is 13.4. The van der Waals surface area contributed by atoms with Gasteiger partial charge in [0.1, 0.15) is 5.69 Å². The summed E-state index contributed by atoms with van der Waals surface area (Å²) in [6.45, 7) is 3.26. The molecule has 0 spiro atoms. The van der Waals surface area contributed by atoms with Crippen LogP contribution in [-0.2, 0) is 0 Å². The maximum Gasteiger partial charge on any atom is 0.287 e. The van der Waals surface area contributed by atoms with E-state index in [4.69, 9.17) is 0 Å². The summed E-state index contributed by atoms with van der Waals surface area (Å²) in [6.07, 6.45) is 1.49. The first-order chi connectivity index (χ1) is 5.22. The van der Waals surface area contributed by atoms with E-state index in [0.717, 1.165) is 0 Å². The number of aromatic nitrogens is 1. The Morgan fingerprint density at radius 2 is 2.36 bits per heavy atom. The van der Waals surface area contributed by atoms with E-state index in [2.05, 4.69) is 11.6 Å². The van der Waals surface area contributed by atoms with E-state index in [0.29, 0.717) is 5.69 Å². The Bertz CT molecular complexity index is 282. The number of hydrogen-bond acceptors (Lipinski definition) is 3. The average Bonchev–Trinajstić information content (AvgIpc) is 2.05. The fourth-order valence-corrected chi connectivity index (χ4v) is 0.627. The topological polar surface area (TPSA) is 56.0 Å². The van der Waals surface area contributed by atoms with Gasteiger partial charge in [-0.2, -0.15) is 0 Å². The molecule has 1 rings (SSSR count). The van der Waals surface area contributed by atoms with Gasteiger partial charge in [0.2, 0.25) is 0 Å². The van der Waals surface area contributed by atoms with Crippen LogP contribution in [0.5, 0.6) is 0 Å². The molecule has 0 aliphatic heterocycles. The van der Waals surface area contributed by atoms with Crippen molar-refractivity contribution in [3.63, 3.8) is 0 Å². The van der Waals surface area contributed by atoms with Gasteiger partial charge >= 0.3 is 0 Å². The number of hydrogen-bond donors (Lipinski definition) is 0. The van der Waals surface area contributed by atoms with Crippen LogP contribution in [0.2, 0.25) is 0 Å². The first-order valence-corrected chi connectivity index (χ1v) is 2.96. The average molecular weight is 150 g/mol. The standard InChI is InChI=1S/C7H6N2O2/c1-6(9(10)11)7-4-2-3-5-8-7/h2-5H,1H2. The van der Waals surface area contributed by atoms with Crippen molar-refractivity contribution in [2.24, 2.45) is 0 Å². The van der Waals surface area contributed by atoms with Crippen molar-refractivity contribution < 1.29 is 4.92 Å². The third-order valence-corrected chi connectivity index (χ3v) is 1.18. The Labute approximate surface area is 63.3 Å². The lowest BCUT2D eigenvalue weighted by molar-refractivity contribution is -0.375. The van der Waals surface area contributed by atoms with Crippen molar-refractivity contribution >= 4 is 5.70 Å². The Hall–Kier alpha value is -1.71. The zero-order chi connectivity index (χ0) is 8.27. The highest BCUT2D eigenvalue weighted by atomic mass is 16.6. The van der Waals surface area contributed by atoms with Gasteiger partial charge in [-0.05, 0) is 18.7 Å². The third-order valence-electron chi connectivity index (χ3n) is 1.18. The third kappa shape index (κ3) is 1.61. The summed E-state index contributed by atoms with van der Waals surface area (Å²) in [5, 5.41) is 10.2. The van der Waals surface area contributed by atoms with Crippen LogP contribution in [0.1, 0.15) is 5.69 Å². The molecule has 0 fully saturated rings. The van der Waals surface area contributed by atoms with Gasteiger partial charge in [0.15, 0.2) is 0 Å². The Morgan fingerprint density at radius 3 is 2.82 bits per heavy atom. The molecule has 0 aromatic carbocycles. The predicted octanol–water partition coefficient (Wildman–Crippen LogP) is 1.33. The van der Waals surface area contributed by atoms with E-state index in [1.54, 1.807) is 18.2 Å². The van der Waals surface area contributed by atoms with E-state index >= 15 is 0 Å². The summed E-state index contributed by atoms with van der Waals surface area (Å²) < 4.78 is 0. The number of nitrogens with zero attached hydrogens (tertiary/aromatic N) is 2. The van der Waals surface area contributed by atoms with Gasteiger partial charge in [-0.25, -0.2) is 4.98 Å². The molecule has 0 N–H and O–H groups in total. The van der Waals surface area contributed by atoms with Crippen LogP contribution >= 0.6 is 0 Å². The van der Waals surface area contributed by atoms with Gasteiger partial charge in [0.05, 0.1) is 4.92 Å². The second-order valence-electron chi connectivity index (χ2n) is 1.92. The summed E-state index contributed by atoms with van der Waals surface area (Å²) in [5.74, 6) is 0. The minimum atomic E-state index is -0.553. The molecular formula is C7H6N2O2. The maximum absolute atomic E-state index is 10.2. The van der Waals surface area contributed by atoms with Crippen molar-refractivity contribution in [2.45, 2.75) is 0 Å². The molecule has 0 radical (unpaired) electrons. The molecule has 0 atom stereocenters. The molecule has 11 heavy (non-hydrogen) atoms. The highest BCUT2D eigenvalue weighted by Crippen LogP contribution is 2.07.